The van der Waals surface area contributed by atoms with Crippen LogP contribution >= 0.6 is 0 Å². The standard InChI is InChI=1S/C44H47N3O/c1-29(2)24-30-16-14-17-31(25-30)35-21-15-23-39-40(35)46-42(47(39)34-18-10-9-11-19-34)36-20-12-13-22-38(36)45-28-32-26-33(43(3,4)5)27-37(41(32)48)44(6,7)8/h9-23,25-29,48H,24H2,1-8H3. The summed E-state index contributed by atoms with van der Waals surface area (Å²) in [6.45, 7) is 17.5. The van der Waals surface area contributed by atoms with Crippen LogP contribution in [0.1, 0.15) is 77.6 Å². The van der Waals surface area contributed by atoms with E-state index in [2.05, 4.69) is 145 Å². The Morgan fingerprint density at radius 3 is 2.15 bits per heavy atom. The fourth-order valence-electron chi connectivity index (χ4n) is 6.36. The number of para-hydroxylation sites is 3. The monoisotopic (exact) mass is 633 g/mol. The van der Waals surface area contributed by atoms with Crippen LogP contribution in [0.15, 0.2) is 114 Å². The van der Waals surface area contributed by atoms with E-state index in [9.17, 15) is 5.11 Å². The molecule has 0 aliphatic heterocycles. The fourth-order valence-corrected chi connectivity index (χ4v) is 6.36. The molecule has 4 nitrogen and oxygen atoms in total. The van der Waals surface area contributed by atoms with Gasteiger partial charge in [0.25, 0.3) is 0 Å². The number of rotatable bonds is 7. The minimum atomic E-state index is -0.224. The molecule has 1 aromatic heterocycles. The molecule has 244 valence electrons. The third-order valence-electron chi connectivity index (χ3n) is 8.88. The zero-order valence-corrected chi connectivity index (χ0v) is 29.5. The SMILES string of the molecule is CC(C)Cc1cccc(-c2cccc3c2nc(-c2ccccc2N=Cc2cc(C(C)(C)C)cc(C(C)(C)C)c2O)n3-c2ccccc2)c1. The van der Waals surface area contributed by atoms with E-state index in [0.29, 0.717) is 11.5 Å². The van der Waals surface area contributed by atoms with Crippen molar-refractivity contribution in [3.8, 4) is 34.0 Å². The Bertz CT molecular complexity index is 2100. The van der Waals surface area contributed by atoms with E-state index < -0.39 is 0 Å². The summed E-state index contributed by atoms with van der Waals surface area (Å²) in [4.78, 5) is 10.4. The second-order valence-electron chi connectivity index (χ2n) is 15.3. The maximum absolute atomic E-state index is 11.5. The average Bonchev–Trinajstić information content (AvgIpc) is 3.43. The van der Waals surface area contributed by atoms with Gasteiger partial charge in [0.05, 0.1) is 16.7 Å². The highest BCUT2D eigenvalue weighted by Crippen LogP contribution is 2.40. The summed E-state index contributed by atoms with van der Waals surface area (Å²) < 4.78 is 2.24. The maximum Gasteiger partial charge on any atom is 0.147 e. The van der Waals surface area contributed by atoms with Crippen molar-refractivity contribution in [2.24, 2.45) is 10.9 Å². The molecule has 0 atom stereocenters. The molecule has 0 aliphatic carbocycles. The van der Waals surface area contributed by atoms with E-state index in [0.717, 1.165) is 62.5 Å². The summed E-state index contributed by atoms with van der Waals surface area (Å²) in [5, 5.41) is 11.5. The van der Waals surface area contributed by atoms with E-state index in [1.165, 1.54) is 5.56 Å². The predicted molar refractivity (Wildman–Crippen MR) is 203 cm³/mol. The zero-order valence-electron chi connectivity index (χ0n) is 29.5. The Labute approximate surface area is 285 Å². The van der Waals surface area contributed by atoms with Crippen molar-refractivity contribution in [3.05, 3.63) is 131 Å². The molecule has 0 saturated carbocycles. The molecule has 6 aromatic rings. The van der Waals surface area contributed by atoms with Gasteiger partial charge in [0.15, 0.2) is 0 Å². The third kappa shape index (κ3) is 6.71. The number of fused-ring (bicyclic) bond motifs is 1. The van der Waals surface area contributed by atoms with Crippen LogP contribution in [0.25, 0.3) is 39.2 Å². The molecule has 0 aliphatic rings. The number of phenolic OH excluding ortho intramolecular Hbond substituents is 1. The fraction of sp³-hybridized carbons (Fsp3) is 0.273. The van der Waals surface area contributed by atoms with Crippen LogP contribution in [-0.4, -0.2) is 20.9 Å². The molecule has 0 amide bonds. The second kappa shape index (κ2) is 12.9. The van der Waals surface area contributed by atoms with Crippen LogP contribution in [0.5, 0.6) is 5.75 Å². The zero-order chi connectivity index (χ0) is 34.2. The number of aliphatic imine (C=N–C) groups is 1. The van der Waals surface area contributed by atoms with E-state index >= 15 is 0 Å². The molecule has 0 unspecified atom stereocenters. The summed E-state index contributed by atoms with van der Waals surface area (Å²) in [6.07, 6.45) is 2.84. The van der Waals surface area contributed by atoms with Crippen LogP contribution < -0.4 is 0 Å². The number of benzene rings is 5. The summed E-state index contributed by atoms with van der Waals surface area (Å²) >= 11 is 0. The van der Waals surface area contributed by atoms with Crippen molar-refractivity contribution in [3.63, 3.8) is 0 Å². The van der Waals surface area contributed by atoms with Gasteiger partial charge in [-0.25, -0.2) is 4.98 Å². The topological polar surface area (TPSA) is 50.4 Å². The minimum Gasteiger partial charge on any atom is -0.507 e. The van der Waals surface area contributed by atoms with Crippen LogP contribution in [-0.2, 0) is 17.3 Å². The molecule has 5 aromatic carbocycles. The normalized spacial score (nSPS) is 12.4. The van der Waals surface area contributed by atoms with E-state index in [-0.39, 0.29) is 16.6 Å². The summed E-state index contributed by atoms with van der Waals surface area (Å²) in [5.41, 5.74) is 10.8. The smallest absolute Gasteiger partial charge is 0.147 e. The van der Waals surface area contributed by atoms with Crippen LogP contribution in [0, 0.1) is 5.92 Å². The molecule has 0 fully saturated rings. The first-order chi connectivity index (χ1) is 22.8. The Kier molecular flexibility index (Phi) is 8.87. The molecule has 0 bridgehead atoms. The van der Waals surface area contributed by atoms with Gasteiger partial charge in [0.1, 0.15) is 11.6 Å². The first kappa shape index (κ1) is 33.0. The lowest BCUT2D eigenvalue weighted by molar-refractivity contribution is 0.444. The van der Waals surface area contributed by atoms with Crippen molar-refractivity contribution in [2.45, 2.75) is 72.6 Å². The molecule has 0 spiro atoms. The quantitative estimate of drug-likeness (QED) is 0.178. The third-order valence-corrected chi connectivity index (χ3v) is 8.88. The lowest BCUT2D eigenvalue weighted by Crippen LogP contribution is -2.17. The molecule has 1 heterocycles. The number of nitrogens with zero attached hydrogens (tertiary/aromatic N) is 3. The highest BCUT2D eigenvalue weighted by atomic mass is 16.3. The van der Waals surface area contributed by atoms with Gasteiger partial charge in [0.2, 0.25) is 0 Å². The van der Waals surface area contributed by atoms with Crippen molar-refractivity contribution >= 4 is 22.9 Å². The van der Waals surface area contributed by atoms with Gasteiger partial charge < -0.3 is 5.11 Å². The van der Waals surface area contributed by atoms with E-state index in [1.54, 1.807) is 6.21 Å². The summed E-state index contributed by atoms with van der Waals surface area (Å²) in [5.74, 6) is 1.67. The van der Waals surface area contributed by atoms with E-state index in [1.807, 2.05) is 24.3 Å². The number of hydrogen-bond donors (Lipinski definition) is 1. The van der Waals surface area contributed by atoms with Crippen molar-refractivity contribution in [2.75, 3.05) is 0 Å². The van der Waals surface area contributed by atoms with Gasteiger partial charge in [-0.1, -0.05) is 128 Å². The van der Waals surface area contributed by atoms with E-state index in [4.69, 9.17) is 9.98 Å². The molecule has 6 rings (SSSR count). The molecule has 48 heavy (non-hydrogen) atoms. The maximum atomic E-state index is 11.5. The Balaban J connectivity index is 1.54. The second-order valence-corrected chi connectivity index (χ2v) is 15.3. The van der Waals surface area contributed by atoms with Crippen molar-refractivity contribution in [1.29, 1.82) is 0 Å². The first-order valence-corrected chi connectivity index (χ1v) is 17.0. The van der Waals surface area contributed by atoms with Gasteiger partial charge in [-0.3, -0.25) is 9.56 Å². The highest BCUT2D eigenvalue weighted by Gasteiger charge is 2.25. The van der Waals surface area contributed by atoms with Crippen molar-refractivity contribution < 1.29 is 5.11 Å². The van der Waals surface area contributed by atoms with Gasteiger partial charge in [0, 0.05) is 34.2 Å². The molecular weight excluding hydrogens is 587 g/mol. The highest BCUT2D eigenvalue weighted by molar-refractivity contribution is 5.97. The summed E-state index contributed by atoms with van der Waals surface area (Å²) in [6, 6.07) is 38.1. The number of phenols is 1. The Morgan fingerprint density at radius 1 is 0.750 bits per heavy atom. The van der Waals surface area contributed by atoms with Gasteiger partial charge in [-0.2, -0.15) is 0 Å². The van der Waals surface area contributed by atoms with Gasteiger partial charge in [-0.05, 0) is 76.3 Å². The van der Waals surface area contributed by atoms with Crippen LogP contribution in [0.2, 0.25) is 0 Å². The minimum absolute atomic E-state index is 0.0826. The van der Waals surface area contributed by atoms with Crippen molar-refractivity contribution in [1.82, 2.24) is 9.55 Å². The lowest BCUT2D eigenvalue weighted by Gasteiger charge is -2.27. The molecule has 1 N–H and O–H groups in total. The number of imidazole rings is 1. The lowest BCUT2D eigenvalue weighted by atomic mass is 9.79. The number of aromatic hydroxyl groups is 1. The average molecular weight is 634 g/mol. The predicted octanol–water partition coefficient (Wildman–Crippen LogP) is 11.6. The Morgan fingerprint density at radius 2 is 1.44 bits per heavy atom. The molecule has 0 saturated heterocycles. The largest absolute Gasteiger partial charge is 0.507 e. The van der Waals surface area contributed by atoms with Crippen LogP contribution in [0.3, 0.4) is 0 Å². The van der Waals surface area contributed by atoms with Gasteiger partial charge >= 0.3 is 0 Å². The van der Waals surface area contributed by atoms with Crippen LogP contribution in [0.4, 0.5) is 5.69 Å². The molecular formula is C44H47N3O. The summed E-state index contributed by atoms with van der Waals surface area (Å²) in [7, 11) is 0. The Hall–Kier alpha value is -4.96. The molecule has 0 radical (unpaired) electrons. The number of hydrogen-bond acceptors (Lipinski definition) is 3. The first-order valence-electron chi connectivity index (χ1n) is 17.0. The van der Waals surface area contributed by atoms with Gasteiger partial charge in [-0.15, -0.1) is 0 Å². The molecule has 4 heteroatoms. The number of aromatic nitrogens is 2.